The minimum Gasteiger partial charge on any atom is -0.364 e. The molecule has 0 aliphatic rings. The number of hydrogen-bond donors (Lipinski definition) is 2. The van der Waals surface area contributed by atoms with Crippen molar-refractivity contribution in [3.8, 4) is 0 Å². The molecule has 0 spiro atoms. The first-order chi connectivity index (χ1) is 15.5. The fourth-order valence-corrected chi connectivity index (χ4v) is 4.01. The number of hydrogen-bond acceptors (Lipinski definition) is 7. The molecule has 2 N–H and O–H groups in total. The summed E-state index contributed by atoms with van der Waals surface area (Å²) in [7, 11) is -2.31. The van der Waals surface area contributed by atoms with E-state index in [1.807, 2.05) is 0 Å². The van der Waals surface area contributed by atoms with Crippen molar-refractivity contribution in [2.24, 2.45) is 0 Å². The summed E-state index contributed by atoms with van der Waals surface area (Å²) in [5.74, 6) is 0.527. The molecule has 33 heavy (non-hydrogen) atoms. The van der Waals surface area contributed by atoms with Crippen molar-refractivity contribution in [3.63, 3.8) is 0 Å². The Labute approximate surface area is 194 Å². The van der Waals surface area contributed by atoms with Gasteiger partial charge in [0.1, 0.15) is 24.5 Å². The lowest BCUT2D eigenvalue weighted by Gasteiger charge is -2.24. The average Bonchev–Trinajstić information content (AvgIpc) is 2.74. The highest BCUT2D eigenvalue weighted by atomic mass is 35.5. The van der Waals surface area contributed by atoms with Crippen LogP contribution in [0.15, 0.2) is 59.8 Å². The minimum absolute atomic E-state index is 0.00905. The molecule has 2 aromatic carbocycles. The molecule has 0 fully saturated rings. The molecule has 0 radical (unpaired) electrons. The molecule has 0 aliphatic heterocycles. The van der Waals surface area contributed by atoms with Gasteiger partial charge in [0.05, 0.1) is 22.0 Å². The van der Waals surface area contributed by atoms with E-state index >= 15 is 0 Å². The molecule has 0 atom stereocenters. The van der Waals surface area contributed by atoms with E-state index in [0.29, 0.717) is 16.5 Å². The van der Waals surface area contributed by atoms with E-state index in [9.17, 15) is 21.6 Å². The molecule has 7 nitrogen and oxygen atoms in total. The fraction of sp³-hybridized carbons (Fsp3) is 0.238. The van der Waals surface area contributed by atoms with Crippen LogP contribution in [-0.2, 0) is 9.84 Å². The molecule has 0 aliphatic carbocycles. The van der Waals surface area contributed by atoms with Crippen LogP contribution >= 0.6 is 11.6 Å². The molecule has 1 heterocycles. The third-order valence-electron chi connectivity index (χ3n) is 4.58. The second-order valence-corrected chi connectivity index (χ2v) is 9.81. The SMILES string of the molecule is CCS(=O)(=O)c1ccc(N(C)CC(F)(F)F)c(Nc2cc(Nc3ccc(Cl)cc3)ncn2)c1. The highest BCUT2D eigenvalue weighted by Crippen LogP contribution is 2.33. The molecule has 0 saturated carbocycles. The van der Waals surface area contributed by atoms with Crippen molar-refractivity contribution in [3.05, 3.63) is 59.9 Å². The molecule has 0 saturated heterocycles. The van der Waals surface area contributed by atoms with E-state index in [0.717, 1.165) is 4.90 Å². The molecular formula is C21H21ClF3N5O2S. The molecule has 1 aromatic heterocycles. The summed E-state index contributed by atoms with van der Waals surface area (Å²) in [6.45, 7) is 0.278. The van der Waals surface area contributed by atoms with Gasteiger partial charge in [0.15, 0.2) is 9.84 Å². The third kappa shape index (κ3) is 6.72. The van der Waals surface area contributed by atoms with Gasteiger partial charge < -0.3 is 15.5 Å². The highest BCUT2D eigenvalue weighted by Gasteiger charge is 2.30. The molecular weight excluding hydrogens is 479 g/mol. The van der Waals surface area contributed by atoms with Crippen LogP contribution < -0.4 is 15.5 Å². The normalized spacial score (nSPS) is 11.8. The predicted octanol–water partition coefficient (Wildman–Crippen LogP) is 5.41. The summed E-state index contributed by atoms with van der Waals surface area (Å²) >= 11 is 5.89. The number of benzene rings is 2. The Morgan fingerprint density at radius 1 is 1.00 bits per heavy atom. The molecule has 3 rings (SSSR count). The van der Waals surface area contributed by atoms with Gasteiger partial charge in [0, 0.05) is 23.8 Å². The van der Waals surface area contributed by atoms with Crippen LogP contribution in [0.2, 0.25) is 5.02 Å². The maximum absolute atomic E-state index is 13.0. The van der Waals surface area contributed by atoms with E-state index in [1.165, 1.54) is 38.5 Å². The van der Waals surface area contributed by atoms with Crippen LogP contribution in [0.1, 0.15) is 6.92 Å². The van der Waals surface area contributed by atoms with E-state index in [2.05, 4.69) is 20.6 Å². The monoisotopic (exact) mass is 499 g/mol. The number of anilines is 5. The molecule has 0 unspecified atom stereocenters. The Bertz CT molecular complexity index is 1220. The van der Waals surface area contributed by atoms with Crippen molar-refractivity contribution in [1.82, 2.24) is 9.97 Å². The topological polar surface area (TPSA) is 87.2 Å². The largest absolute Gasteiger partial charge is 0.405 e. The Balaban J connectivity index is 1.94. The fourth-order valence-electron chi connectivity index (χ4n) is 2.98. The van der Waals surface area contributed by atoms with Gasteiger partial charge in [0.25, 0.3) is 0 Å². The summed E-state index contributed by atoms with van der Waals surface area (Å²) in [6, 6.07) is 12.4. The Kier molecular flexibility index (Phi) is 7.33. The number of halogens is 4. The van der Waals surface area contributed by atoms with E-state index in [1.54, 1.807) is 30.3 Å². The molecule has 3 aromatic rings. The van der Waals surface area contributed by atoms with Crippen LogP contribution in [0, 0.1) is 0 Å². The first-order valence-electron chi connectivity index (χ1n) is 9.73. The number of sulfone groups is 1. The lowest BCUT2D eigenvalue weighted by Crippen LogP contribution is -2.31. The van der Waals surface area contributed by atoms with Crippen LogP contribution in [0.3, 0.4) is 0 Å². The van der Waals surface area contributed by atoms with Gasteiger partial charge >= 0.3 is 6.18 Å². The standard InChI is InChI=1S/C21H21ClF3N5O2S/c1-3-33(31,32)16-8-9-18(30(2)12-21(23,24)25)17(10-16)29-20-11-19(26-13-27-20)28-15-6-4-14(22)5-7-15/h4-11,13H,3,12H2,1-2H3,(H2,26,27,28,29). The maximum atomic E-state index is 13.0. The Hall–Kier alpha value is -3.05. The van der Waals surface area contributed by atoms with E-state index in [-0.39, 0.29) is 27.8 Å². The second kappa shape index (κ2) is 9.84. The molecule has 12 heteroatoms. The van der Waals surface area contributed by atoms with Gasteiger partial charge in [-0.25, -0.2) is 18.4 Å². The number of alkyl halides is 3. The van der Waals surface area contributed by atoms with Crippen LogP contribution in [0.5, 0.6) is 0 Å². The number of nitrogens with one attached hydrogen (secondary N) is 2. The van der Waals surface area contributed by atoms with Gasteiger partial charge in [-0.2, -0.15) is 13.2 Å². The highest BCUT2D eigenvalue weighted by molar-refractivity contribution is 7.91. The lowest BCUT2D eigenvalue weighted by molar-refractivity contribution is -0.119. The quantitative estimate of drug-likeness (QED) is 0.428. The van der Waals surface area contributed by atoms with Crippen molar-refractivity contribution in [2.75, 3.05) is 34.9 Å². The Morgan fingerprint density at radius 3 is 2.24 bits per heavy atom. The van der Waals surface area contributed by atoms with E-state index < -0.39 is 22.6 Å². The number of aromatic nitrogens is 2. The van der Waals surface area contributed by atoms with Gasteiger partial charge in [-0.1, -0.05) is 18.5 Å². The maximum Gasteiger partial charge on any atom is 0.405 e. The second-order valence-electron chi connectivity index (χ2n) is 7.10. The molecule has 176 valence electrons. The zero-order chi connectivity index (χ0) is 24.2. The average molecular weight is 500 g/mol. The molecule has 0 bridgehead atoms. The summed E-state index contributed by atoms with van der Waals surface area (Å²) in [5, 5.41) is 6.56. The molecule has 0 amide bonds. The summed E-state index contributed by atoms with van der Waals surface area (Å²) in [4.78, 5) is 9.20. The van der Waals surface area contributed by atoms with Gasteiger partial charge in [-0.05, 0) is 42.5 Å². The Morgan fingerprint density at radius 2 is 1.64 bits per heavy atom. The van der Waals surface area contributed by atoms with Gasteiger partial charge in [0.2, 0.25) is 0 Å². The minimum atomic E-state index is -4.44. The predicted molar refractivity (Wildman–Crippen MR) is 124 cm³/mol. The first-order valence-corrected chi connectivity index (χ1v) is 11.8. The lowest BCUT2D eigenvalue weighted by atomic mass is 10.2. The van der Waals surface area contributed by atoms with Crippen molar-refractivity contribution in [1.29, 1.82) is 0 Å². The zero-order valence-electron chi connectivity index (χ0n) is 17.7. The number of nitrogens with zero attached hydrogens (tertiary/aromatic N) is 3. The van der Waals surface area contributed by atoms with Gasteiger partial charge in [-0.3, -0.25) is 0 Å². The van der Waals surface area contributed by atoms with Crippen LogP contribution in [-0.4, -0.2) is 43.9 Å². The smallest absolute Gasteiger partial charge is 0.364 e. The summed E-state index contributed by atoms with van der Waals surface area (Å²) in [5.41, 5.74) is 1.03. The van der Waals surface area contributed by atoms with Crippen molar-refractivity contribution in [2.45, 2.75) is 18.0 Å². The summed E-state index contributed by atoms with van der Waals surface area (Å²) in [6.07, 6.45) is -3.17. The summed E-state index contributed by atoms with van der Waals surface area (Å²) < 4.78 is 63.6. The van der Waals surface area contributed by atoms with E-state index in [4.69, 9.17) is 11.6 Å². The van der Waals surface area contributed by atoms with Crippen molar-refractivity contribution < 1.29 is 21.6 Å². The first kappa shape index (κ1) is 24.6. The zero-order valence-corrected chi connectivity index (χ0v) is 19.3. The van der Waals surface area contributed by atoms with Crippen molar-refractivity contribution >= 4 is 50.1 Å². The number of rotatable bonds is 8. The van der Waals surface area contributed by atoms with Crippen LogP contribution in [0.25, 0.3) is 0 Å². The third-order valence-corrected chi connectivity index (χ3v) is 6.57. The van der Waals surface area contributed by atoms with Gasteiger partial charge in [-0.15, -0.1) is 0 Å². The van der Waals surface area contributed by atoms with Crippen LogP contribution in [0.4, 0.5) is 41.9 Å².